The van der Waals surface area contributed by atoms with Crippen LogP contribution in [0.3, 0.4) is 0 Å². The third-order valence-electron chi connectivity index (χ3n) is 2.50. The Balaban J connectivity index is 2.09. The molecule has 0 atom stereocenters. The van der Waals surface area contributed by atoms with E-state index in [4.69, 9.17) is 4.52 Å². The van der Waals surface area contributed by atoms with Gasteiger partial charge in [-0.25, -0.2) is 0 Å². The molecule has 2 aromatic heterocycles. The van der Waals surface area contributed by atoms with E-state index < -0.39 is 5.54 Å². The number of rotatable bonds is 5. The third kappa shape index (κ3) is 3.36. The lowest BCUT2D eigenvalue weighted by atomic mass is 10.0. The molecule has 2 rings (SSSR count). The van der Waals surface area contributed by atoms with Gasteiger partial charge in [0, 0.05) is 5.38 Å². The Morgan fingerprint density at radius 2 is 2.25 bits per heavy atom. The van der Waals surface area contributed by atoms with Gasteiger partial charge in [-0.2, -0.15) is 4.98 Å². The second kappa shape index (κ2) is 5.63. The minimum atomic E-state index is -0.755. The minimum Gasteiger partial charge on any atom is -0.338 e. The molecule has 2 heterocycles. The van der Waals surface area contributed by atoms with Gasteiger partial charge in [0.1, 0.15) is 0 Å². The van der Waals surface area contributed by atoms with E-state index >= 15 is 0 Å². The van der Waals surface area contributed by atoms with Gasteiger partial charge in [0.15, 0.2) is 11.5 Å². The van der Waals surface area contributed by atoms with Crippen LogP contribution in [0.2, 0.25) is 0 Å². The van der Waals surface area contributed by atoms with Crippen LogP contribution in [-0.2, 0) is 12.1 Å². The zero-order valence-corrected chi connectivity index (χ0v) is 12.6. The van der Waals surface area contributed by atoms with Crippen molar-refractivity contribution in [1.82, 2.24) is 29.9 Å². The second-order valence-corrected chi connectivity index (χ2v) is 5.73. The van der Waals surface area contributed by atoms with Crippen LogP contribution < -0.4 is 5.32 Å². The number of carbonyl (C=O) groups is 1. The maximum absolute atomic E-state index is 12.0. The summed E-state index contributed by atoms with van der Waals surface area (Å²) in [6.45, 7) is 4.15. The molecule has 8 nitrogen and oxygen atoms in total. The summed E-state index contributed by atoms with van der Waals surface area (Å²) in [4.78, 5) is 18.2. The molecule has 0 spiro atoms. The normalized spacial score (nSPS) is 11.8. The highest BCUT2D eigenvalue weighted by Gasteiger charge is 2.29. The first-order valence-electron chi connectivity index (χ1n) is 5.96. The number of aromatic nitrogens is 4. The summed E-state index contributed by atoms with van der Waals surface area (Å²) in [5, 5.41) is 12.0. The number of amides is 1. The van der Waals surface area contributed by atoms with Gasteiger partial charge in [0.25, 0.3) is 5.91 Å². The van der Waals surface area contributed by atoms with Crippen molar-refractivity contribution in [1.29, 1.82) is 0 Å². The van der Waals surface area contributed by atoms with E-state index in [1.165, 1.54) is 0 Å². The molecule has 0 saturated carbocycles. The van der Waals surface area contributed by atoms with Crippen LogP contribution >= 0.6 is 11.5 Å². The molecule has 2 aromatic rings. The summed E-state index contributed by atoms with van der Waals surface area (Å²) >= 11 is 1.12. The Morgan fingerprint density at radius 1 is 1.50 bits per heavy atom. The smallest absolute Gasteiger partial charge is 0.273 e. The molecule has 1 amide bonds. The lowest BCUT2D eigenvalue weighted by molar-refractivity contribution is 0.0902. The van der Waals surface area contributed by atoms with Gasteiger partial charge < -0.3 is 14.7 Å². The van der Waals surface area contributed by atoms with Crippen molar-refractivity contribution in [3.05, 3.63) is 22.8 Å². The molecule has 108 valence electrons. The molecule has 0 radical (unpaired) electrons. The fourth-order valence-electron chi connectivity index (χ4n) is 1.51. The molecule has 0 fully saturated rings. The maximum atomic E-state index is 12.0. The lowest BCUT2D eigenvalue weighted by Gasteiger charge is -2.21. The monoisotopic (exact) mass is 296 g/mol. The summed E-state index contributed by atoms with van der Waals surface area (Å²) in [6.07, 6.45) is 0. The Bertz CT molecular complexity index is 578. The summed E-state index contributed by atoms with van der Waals surface area (Å²) in [5.74, 6) is 0.608. The Hall–Kier alpha value is -1.87. The van der Waals surface area contributed by atoms with E-state index in [1.807, 2.05) is 19.0 Å². The summed E-state index contributed by atoms with van der Waals surface area (Å²) in [7, 11) is 3.82. The van der Waals surface area contributed by atoms with Crippen molar-refractivity contribution in [3.8, 4) is 0 Å². The first-order chi connectivity index (χ1) is 9.38. The molecule has 1 N–H and O–H groups in total. The highest BCUT2D eigenvalue weighted by atomic mass is 32.1. The number of hydrogen-bond donors (Lipinski definition) is 1. The lowest BCUT2D eigenvalue weighted by Crippen LogP contribution is -2.42. The molecule has 0 aliphatic carbocycles. The number of nitrogens with one attached hydrogen (secondary N) is 1. The van der Waals surface area contributed by atoms with E-state index in [9.17, 15) is 4.79 Å². The van der Waals surface area contributed by atoms with Crippen molar-refractivity contribution in [3.63, 3.8) is 0 Å². The van der Waals surface area contributed by atoms with Gasteiger partial charge in [-0.1, -0.05) is 9.64 Å². The molecule has 0 aromatic carbocycles. The largest absolute Gasteiger partial charge is 0.338 e. The van der Waals surface area contributed by atoms with E-state index in [2.05, 4.69) is 25.0 Å². The summed E-state index contributed by atoms with van der Waals surface area (Å²) in [6, 6.07) is 0. The molecule has 0 aliphatic rings. The van der Waals surface area contributed by atoms with Gasteiger partial charge in [-0.05, 0) is 39.5 Å². The number of nitrogens with zero attached hydrogens (tertiary/aromatic N) is 5. The molecule has 0 bridgehead atoms. The van der Waals surface area contributed by atoms with E-state index in [0.717, 1.165) is 11.5 Å². The Morgan fingerprint density at radius 3 is 2.85 bits per heavy atom. The van der Waals surface area contributed by atoms with E-state index in [0.29, 0.717) is 18.3 Å². The zero-order chi connectivity index (χ0) is 14.8. The molecule has 0 saturated heterocycles. The van der Waals surface area contributed by atoms with E-state index in [1.54, 1.807) is 19.2 Å². The zero-order valence-electron chi connectivity index (χ0n) is 11.7. The standard InChI is InChI=1S/C11H16N6O2S/c1-11(2,13-9(18)7-6-20-16-14-7)10-12-8(19-15-10)5-17(3)4/h6H,5H2,1-4H3,(H,13,18). The van der Waals surface area contributed by atoms with Crippen LogP contribution in [0, 0.1) is 0 Å². The van der Waals surface area contributed by atoms with Gasteiger partial charge in [0.05, 0.1) is 12.1 Å². The molecule has 0 aliphatic heterocycles. The average molecular weight is 296 g/mol. The topological polar surface area (TPSA) is 97.0 Å². The van der Waals surface area contributed by atoms with Crippen LogP contribution in [0.5, 0.6) is 0 Å². The minimum absolute atomic E-state index is 0.278. The third-order valence-corrected chi connectivity index (χ3v) is 3.00. The van der Waals surface area contributed by atoms with Gasteiger partial charge >= 0.3 is 0 Å². The van der Waals surface area contributed by atoms with E-state index in [-0.39, 0.29) is 11.6 Å². The highest BCUT2D eigenvalue weighted by Crippen LogP contribution is 2.17. The van der Waals surface area contributed by atoms with Crippen LogP contribution in [0.1, 0.15) is 36.1 Å². The van der Waals surface area contributed by atoms with Crippen LogP contribution in [0.25, 0.3) is 0 Å². The average Bonchev–Trinajstić information content (AvgIpc) is 2.97. The molecule has 9 heteroatoms. The Kier molecular flexibility index (Phi) is 4.09. The Labute approximate surface area is 120 Å². The van der Waals surface area contributed by atoms with Gasteiger partial charge in [0.2, 0.25) is 5.89 Å². The second-order valence-electron chi connectivity index (χ2n) is 5.12. The van der Waals surface area contributed by atoms with Crippen molar-refractivity contribution < 1.29 is 9.32 Å². The fourth-order valence-corrected chi connectivity index (χ4v) is 1.95. The SMILES string of the molecule is CN(C)Cc1nc(C(C)(C)NC(=O)c2csnn2)no1. The van der Waals surface area contributed by atoms with Gasteiger partial charge in [-0.3, -0.25) is 4.79 Å². The van der Waals surface area contributed by atoms with Crippen molar-refractivity contribution >= 4 is 17.4 Å². The molecular weight excluding hydrogens is 280 g/mol. The number of carbonyl (C=O) groups excluding carboxylic acids is 1. The van der Waals surface area contributed by atoms with Crippen LogP contribution in [0.15, 0.2) is 9.90 Å². The first-order valence-corrected chi connectivity index (χ1v) is 6.79. The molecular formula is C11H16N6O2S. The highest BCUT2D eigenvalue weighted by molar-refractivity contribution is 7.03. The molecule has 20 heavy (non-hydrogen) atoms. The fraction of sp³-hybridized carbons (Fsp3) is 0.545. The van der Waals surface area contributed by atoms with Crippen LogP contribution in [0.4, 0.5) is 0 Å². The van der Waals surface area contributed by atoms with Crippen LogP contribution in [-0.4, -0.2) is 44.6 Å². The quantitative estimate of drug-likeness (QED) is 0.865. The van der Waals surface area contributed by atoms with Crippen molar-refractivity contribution in [2.75, 3.05) is 14.1 Å². The predicted molar refractivity (Wildman–Crippen MR) is 72.1 cm³/mol. The maximum Gasteiger partial charge on any atom is 0.273 e. The van der Waals surface area contributed by atoms with Crippen molar-refractivity contribution in [2.45, 2.75) is 25.9 Å². The van der Waals surface area contributed by atoms with Crippen molar-refractivity contribution in [2.24, 2.45) is 0 Å². The van der Waals surface area contributed by atoms with Gasteiger partial charge in [-0.15, -0.1) is 5.10 Å². The predicted octanol–water partition coefficient (Wildman–Crippen LogP) is 0.648. The summed E-state index contributed by atoms with van der Waals surface area (Å²) < 4.78 is 8.81. The summed E-state index contributed by atoms with van der Waals surface area (Å²) in [5.41, 5.74) is -0.477. The number of hydrogen-bond acceptors (Lipinski definition) is 8. The first kappa shape index (κ1) is 14.5. The molecule has 0 unspecified atom stereocenters.